The summed E-state index contributed by atoms with van der Waals surface area (Å²) in [5.74, 6) is 0.581. The lowest BCUT2D eigenvalue weighted by atomic mass is 10.1. The van der Waals surface area contributed by atoms with Crippen molar-refractivity contribution in [2.75, 3.05) is 5.75 Å². The predicted octanol–water partition coefficient (Wildman–Crippen LogP) is 2.56. The molecule has 1 aliphatic rings. The van der Waals surface area contributed by atoms with E-state index in [1.807, 2.05) is 26.0 Å². The van der Waals surface area contributed by atoms with Gasteiger partial charge < -0.3 is 0 Å². The summed E-state index contributed by atoms with van der Waals surface area (Å²) in [4.78, 5) is 4.27. The number of nitrogens with one attached hydrogen (secondary N) is 1. The zero-order chi connectivity index (χ0) is 13.9. The zero-order valence-corrected chi connectivity index (χ0v) is 12.4. The van der Waals surface area contributed by atoms with Gasteiger partial charge in [-0.2, -0.15) is 0 Å². The summed E-state index contributed by atoms with van der Waals surface area (Å²) in [7, 11) is -3.22. The highest BCUT2D eigenvalue weighted by molar-refractivity contribution is 7.89. The van der Waals surface area contributed by atoms with Crippen LogP contribution in [-0.2, 0) is 10.0 Å². The summed E-state index contributed by atoms with van der Waals surface area (Å²) >= 11 is 0. The van der Waals surface area contributed by atoms with Gasteiger partial charge in [0.1, 0.15) is 0 Å². The van der Waals surface area contributed by atoms with Crippen LogP contribution in [0.1, 0.15) is 49.9 Å². The number of nitrogens with zero attached hydrogens (tertiary/aromatic N) is 1. The Labute approximate surface area is 115 Å². The molecule has 0 unspecified atom stereocenters. The van der Waals surface area contributed by atoms with E-state index in [4.69, 9.17) is 0 Å². The van der Waals surface area contributed by atoms with Crippen molar-refractivity contribution >= 4 is 10.0 Å². The predicted molar refractivity (Wildman–Crippen MR) is 76.3 cm³/mol. The van der Waals surface area contributed by atoms with Crippen LogP contribution in [0.15, 0.2) is 18.3 Å². The summed E-state index contributed by atoms with van der Waals surface area (Å²) in [5, 5.41) is 0. The third-order valence-corrected chi connectivity index (χ3v) is 5.37. The van der Waals surface area contributed by atoms with E-state index in [2.05, 4.69) is 9.71 Å². The van der Waals surface area contributed by atoms with Crippen LogP contribution in [0.3, 0.4) is 0 Å². The van der Waals surface area contributed by atoms with Crippen LogP contribution >= 0.6 is 0 Å². The number of hydrogen-bond acceptors (Lipinski definition) is 3. The fourth-order valence-electron chi connectivity index (χ4n) is 2.81. The molecule has 0 saturated heterocycles. The van der Waals surface area contributed by atoms with Crippen LogP contribution in [0, 0.1) is 12.8 Å². The van der Waals surface area contributed by atoms with Crippen molar-refractivity contribution in [3.63, 3.8) is 0 Å². The Kier molecular flexibility index (Phi) is 4.58. The van der Waals surface area contributed by atoms with E-state index in [9.17, 15) is 8.42 Å². The minimum absolute atomic E-state index is 0.253. The van der Waals surface area contributed by atoms with E-state index < -0.39 is 10.0 Å². The second kappa shape index (κ2) is 6.01. The Morgan fingerprint density at radius 1 is 1.42 bits per heavy atom. The van der Waals surface area contributed by atoms with Crippen molar-refractivity contribution < 1.29 is 8.42 Å². The Morgan fingerprint density at radius 2 is 2.11 bits per heavy atom. The quantitative estimate of drug-likeness (QED) is 0.903. The molecule has 0 spiro atoms. The molecule has 106 valence electrons. The van der Waals surface area contributed by atoms with E-state index >= 15 is 0 Å². The van der Waals surface area contributed by atoms with Crippen LogP contribution in [-0.4, -0.2) is 19.2 Å². The van der Waals surface area contributed by atoms with Crippen LogP contribution in [0.4, 0.5) is 0 Å². The number of hydrogen-bond donors (Lipinski definition) is 1. The first kappa shape index (κ1) is 14.5. The molecule has 1 aromatic rings. The van der Waals surface area contributed by atoms with Crippen molar-refractivity contribution in [1.29, 1.82) is 0 Å². The van der Waals surface area contributed by atoms with Crippen LogP contribution in [0.25, 0.3) is 0 Å². The van der Waals surface area contributed by atoms with Crippen molar-refractivity contribution in [3.05, 3.63) is 29.6 Å². The largest absolute Gasteiger partial charge is 0.259 e. The van der Waals surface area contributed by atoms with Crippen molar-refractivity contribution in [3.8, 4) is 0 Å². The molecule has 1 aromatic heterocycles. The Bertz CT molecular complexity index is 522. The molecular formula is C14H22N2O2S. The van der Waals surface area contributed by atoms with Gasteiger partial charge in [-0.1, -0.05) is 18.9 Å². The maximum atomic E-state index is 12.1. The maximum absolute atomic E-state index is 12.1. The Hall–Kier alpha value is -0.940. The molecule has 0 bridgehead atoms. The lowest BCUT2D eigenvalue weighted by Gasteiger charge is -2.17. The molecule has 0 aromatic carbocycles. The third kappa shape index (κ3) is 4.01. The first-order valence-corrected chi connectivity index (χ1v) is 8.54. The molecule has 2 rings (SSSR count). The van der Waals surface area contributed by atoms with E-state index in [0.29, 0.717) is 5.92 Å². The van der Waals surface area contributed by atoms with Crippen molar-refractivity contribution in [1.82, 2.24) is 9.71 Å². The topological polar surface area (TPSA) is 59.1 Å². The smallest absolute Gasteiger partial charge is 0.212 e. The molecule has 4 nitrogen and oxygen atoms in total. The van der Waals surface area contributed by atoms with Gasteiger partial charge in [-0.25, -0.2) is 13.1 Å². The van der Waals surface area contributed by atoms with Crippen LogP contribution < -0.4 is 4.72 Å². The van der Waals surface area contributed by atoms with E-state index in [0.717, 1.165) is 36.9 Å². The summed E-state index contributed by atoms with van der Waals surface area (Å²) in [6.07, 6.45) is 6.10. The molecule has 1 heterocycles. The van der Waals surface area contributed by atoms with Crippen molar-refractivity contribution in [2.45, 2.75) is 45.6 Å². The third-order valence-electron chi connectivity index (χ3n) is 3.75. The molecule has 1 fully saturated rings. The molecule has 0 radical (unpaired) electrons. The number of pyridine rings is 1. The summed E-state index contributed by atoms with van der Waals surface area (Å²) in [6.45, 7) is 3.80. The van der Waals surface area contributed by atoms with Gasteiger partial charge in [0.05, 0.1) is 17.5 Å². The molecule has 0 aliphatic heterocycles. The molecule has 0 amide bonds. The molecular weight excluding hydrogens is 260 g/mol. The lowest BCUT2D eigenvalue weighted by Crippen LogP contribution is -2.32. The van der Waals surface area contributed by atoms with Gasteiger partial charge in [0, 0.05) is 6.20 Å². The van der Waals surface area contributed by atoms with Gasteiger partial charge in [-0.15, -0.1) is 0 Å². The number of aromatic nitrogens is 1. The second-order valence-electron chi connectivity index (χ2n) is 5.48. The Balaban J connectivity index is 2.01. The van der Waals surface area contributed by atoms with E-state index in [-0.39, 0.29) is 11.8 Å². The van der Waals surface area contributed by atoms with Crippen LogP contribution in [0.5, 0.6) is 0 Å². The summed E-state index contributed by atoms with van der Waals surface area (Å²) in [5.41, 5.74) is 1.82. The number of rotatable bonds is 5. The highest BCUT2D eigenvalue weighted by Crippen LogP contribution is 2.26. The Morgan fingerprint density at radius 3 is 2.74 bits per heavy atom. The van der Waals surface area contributed by atoms with E-state index in [1.165, 1.54) is 0 Å². The zero-order valence-electron chi connectivity index (χ0n) is 11.6. The first-order chi connectivity index (χ1) is 8.98. The SMILES string of the molecule is Cc1cccnc1[C@H](C)NS(=O)(=O)CC1CCCC1. The number of aryl methyl sites for hydroxylation is 1. The minimum Gasteiger partial charge on any atom is -0.259 e. The van der Waals surface area contributed by atoms with Crippen molar-refractivity contribution in [2.24, 2.45) is 5.92 Å². The monoisotopic (exact) mass is 282 g/mol. The summed E-state index contributed by atoms with van der Waals surface area (Å²) < 4.78 is 27.0. The van der Waals surface area contributed by atoms with Gasteiger partial charge in [-0.05, 0) is 44.2 Å². The average Bonchev–Trinajstić information content (AvgIpc) is 2.80. The fraction of sp³-hybridized carbons (Fsp3) is 0.643. The van der Waals surface area contributed by atoms with Gasteiger partial charge in [0.2, 0.25) is 10.0 Å². The molecule has 1 aliphatic carbocycles. The second-order valence-corrected chi connectivity index (χ2v) is 7.28. The average molecular weight is 282 g/mol. The first-order valence-electron chi connectivity index (χ1n) is 6.89. The molecule has 1 saturated carbocycles. The van der Waals surface area contributed by atoms with Gasteiger partial charge >= 0.3 is 0 Å². The highest BCUT2D eigenvalue weighted by Gasteiger charge is 2.24. The minimum atomic E-state index is -3.22. The van der Waals surface area contributed by atoms with E-state index in [1.54, 1.807) is 6.20 Å². The molecule has 19 heavy (non-hydrogen) atoms. The van der Waals surface area contributed by atoms with Gasteiger partial charge in [0.15, 0.2) is 0 Å². The number of sulfonamides is 1. The molecule has 5 heteroatoms. The normalized spacial score (nSPS) is 18.6. The summed E-state index contributed by atoms with van der Waals surface area (Å²) in [6, 6.07) is 3.54. The standard InChI is InChI=1S/C14H22N2O2S/c1-11-6-5-9-15-14(11)12(2)16-19(17,18)10-13-7-3-4-8-13/h5-6,9,12-13,16H,3-4,7-8,10H2,1-2H3/t12-/m0/s1. The van der Waals surface area contributed by atoms with Crippen LogP contribution in [0.2, 0.25) is 0 Å². The highest BCUT2D eigenvalue weighted by atomic mass is 32.2. The molecule has 1 N–H and O–H groups in total. The van der Waals surface area contributed by atoms with Gasteiger partial charge in [0.25, 0.3) is 0 Å². The molecule has 1 atom stereocenters. The maximum Gasteiger partial charge on any atom is 0.212 e. The van der Waals surface area contributed by atoms with Gasteiger partial charge in [-0.3, -0.25) is 4.98 Å². The fourth-order valence-corrected chi connectivity index (χ4v) is 4.51. The lowest BCUT2D eigenvalue weighted by molar-refractivity contribution is 0.535.